The van der Waals surface area contributed by atoms with Crippen LogP contribution in [0, 0.1) is 18.3 Å². The first-order valence-corrected chi connectivity index (χ1v) is 11.9. The number of aryl methyl sites for hydroxylation is 1. The van der Waals surface area contributed by atoms with Crippen molar-refractivity contribution in [1.82, 2.24) is 9.21 Å². The van der Waals surface area contributed by atoms with Crippen molar-refractivity contribution in [3.8, 4) is 11.8 Å². The molecule has 32 heavy (non-hydrogen) atoms. The van der Waals surface area contributed by atoms with Gasteiger partial charge in [0.2, 0.25) is 15.9 Å². The van der Waals surface area contributed by atoms with Crippen molar-refractivity contribution < 1.29 is 17.9 Å². The van der Waals surface area contributed by atoms with Crippen LogP contribution in [0.3, 0.4) is 0 Å². The first kappa shape index (κ1) is 24.0. The molecular formula is C22H25ClN4O4S. The summed E-state index contributed by atoms with van der Waals surface area (Å²) in [5, 5.41) is 12.7. The number of hydrogen-bond acceptors (Lipinski definition) is 6. The Kier molecular flexibility index (Phi) is 7.41. The van der Waals surface area contributed by atoms with Crippen molar-refractivity contribution in [3.05, 3.63) is 52.5 Å². The molecule has 0 radical (unpaired) electrons. The summed E-state index contributed by atoms with van der Waals surface area (Å²) < 4.78 is 32.7. The number of hydrogen-bond donors (Lipinski definition) is 1. The van der Waals surface area contributed by atoms with Gasteiger partial charge in [0.25, 0.3) is 0 Å². The second kappa shape index (κ2) is 9.88. The number of anilines is 1. The minimum Gasteiger partial charge on any atom is -0.495 e. The molecule has 1 amide bonds. The van der Waals surface area contributed by atoms with Gasteiger partial charge in [-0.05, 0) is 37.6 Å². The van der Waals surface area contributed by atoms with E-state index < -0.39 is 16.1 Å². The zero-order valence-corrected chi connectivity index (χ0v) is 19.7. The van der Waals surface area contributed by atoms with E-state index in [9.17, 15) is 18.5 Å². The minimum absolute atomic E-state index is 0.00643. The number of piperazine rings is 1. The Bertz CT molecular complexity index is 1160. The summed E-state index contributed by atoms with van der Waals surface area (Å²) in [5.41, 5.74) is 1.46. The predicted molar refractivity (Wildman–Crippen MR) is 122 cm³/mol. The Balaban J connectivity index is 1.67. The highest BCUT2D eigenvalue weighted by Gasteiger charge is 2.33. The summed E-state index contributed by atoms with van der Waals surface area (Å²) in [6, 6.07) is 11.0. The van der Waals surface area contributed by atoms with E-state index in [-0.39, 0.29) is 29.5 Å². The lowest BCUT2D eigenvalue weighted by molar-refractivity contribution is -0.121. The lowest BCUT2D eigenvalue weighted by atomic mass is 10.1. The number of nitrogens with zero attached hydrogens (tertiary/aromatic N) is 3. The topological polar surface area (TPSA) is 103 Å². The number of rotatable bonds is 6. The van der Waals surface area contributed by atoms with Crippen molar-refractivity contribution in [2.24, 2.45) is 0 Å². The molecule has 0 bridgehead atoms. The highest BCUT2D eigenvalue weighted by Crippen LogP contribution is 2.31. The number of sulfonamides is 1. The van der Waals surface area contributed by atoms with Crippen LogP contribution in [-0.2, 0) is 14.8 Å². The summed E-state index contributed by atoms with van der Waals surface area (Å²) in [5.74, 6) is 0.240. The molecule has 0 unspecified atom stereocenters. The van der Waals surface area contributed by atoms with E-state index in [0.29, 0.717) is 29.5 Å². The van der Waals surface area contributed by atoms with Crippen LogP contribution in [0.15, 0.2) is 41.3 Å². The number of carbonyl (C=O) groups is 1. The quantitative estimate of drug-likeness (QED) is 0.687. The second-order valence-electron chi connectivity index (χ2n) is 7.51. The van der Waals surface area contributed by atoms with Crippen LogP contribution in [-0.4, -0.2) is 62.9 Å². The molecule has 1 heterocycles. The number of benzene rings is 2. The fourth-order valence-electron chi connectivity index (χ4n) is 3.59. The molecule has 170 valence electrons. The Hall–Kier alpha value is -2.64. The average Bonchev–Trinajstić information content (AvgIpc) is 2.80. The molecule has 1 fully saturated rings. The van der Waals surface area contributed by atoms with Crippen LogP contribution in [0.4, 0.5) is 5.69 Å². The molecule has 1 aliphatic heterocycles. The van der Waals surface area contributed by atoms with E-state index in [4.69, 9.17) is 16.3 Å². The molecule has 10 heteroatoms. The second-order valence-corrected chi connectivity index (χ2v) is 9.83. The van der Waals surface area contributed by atoms with Crippen molar-refractivity contribution in [2.75, 3.05) is 38.6 Å². The number of ether oxygens (including phenoxy) is 1. The summed E-state index contributed by atoms with van der Waals surface area (Å²) >= 11 is 6.13. The van der Waals surface area contributed by atoms with Gasteiger partial charge in [0.15, 0.2) is 0 Å². The van der Waals surface area contributed by atoms with Gasteiger partial charge in [0, 0.05) is 37.3 Å². The van der Waals surface area contributed by atoms with E-state index in [1.54, 1.807) is 31.2 Å². The number of nitrogens with one attached hydrogen (secondary N) is 1. The highest BCUT2D eigenvalue weighted by atomic mass is 35.5. The third-order valence-corrected chi connectivity index (χ3v) is 7.93. The lowest BCUT2D eigenvalue weighted by Crippen LogP contribution is -2.54. The molecule has 0 saturated carbocycles. The maximum atomic E-state index is 13.0. The molecular weight excluding hydrogens is 452 g/mol. The first-order chi connectivity index (χ1) is 15.2. The normalized spacial score (nSPS) is 16.2. The fraction of sp³-hybridized carbons (Fsp3) is 0.364. The monoisotopic (exact) mass is 476 g/mol. The average molecular weight is 477 g/mol. The summed E-state index contributed by atoms with van der Waals surface area (Å²) in [6.07, 6.45) is 0. The lowest BCUT2D eigenvalue weighted by Gasteiger charge is -2.36. The molecule has 1 atom stereocenters. The van der Waals surface area contributed by atoms with E-state index in [1.807, 2.05) is 17.9 Å². The van der Waals surface area contributed by atoms with Gasteiger partial charge >= 0.3 is 0 Å². The molecule has 2 aromatic carbocycles. The fourth-order valence-corrected chi connectivity index (χ4v) is 5.31. The Morgan fingerprint density at radius 1 is 1.22 bits per heavy atom. The molecule has 0 aromatic heterocycles. The predicted octanol–water partition coefficient (Wildman–Crippen LogP) is 2.86. The van der Waals surface area contributed by atoms with E-state index >= 15 is 0 Å². The maximum Gasteiger partial charge on any atom is 0.244 e. The standard InChI is InChI=1S/C22H25ClN4O4S/c1-15-12-19(20(31-3)13-18(15)23)25-22(28)16(2)26-8-10-27(11-9-26)32(29,30)21-7-5-4-6-17(21)14-24/h4-7,12-13,16H,8-11H2,1-3H3,(H,25,28)/t16-/m0/s1. The van der Waals surface area contributed by atoms with Crippen molar-refractivity contribution in [2.45, 2.75) is 24.8 Å². The molecule has 0 aliphatic carbocycles. The van der Waals surface area contributed by atoms with Crippen LogP contribution in [0.5, 0.6) is 5.75 Å². The summed E-state index contributed by atoms with van der Waals surface area (Å²) in [6.45, 7) is 4.84. The van der Waals surface area contributed by atoms with Crippen LogP contribution in [0.25, 0.3) is 0 Å². The number of amides is 1. The number of halogens is 1. The Labute approximate surface area is 193 Å². The zero-order valence-electron chi connectivity index (χ0n) is 18.1. The molecule has 3 rings (SSSR count). The van der Waals surface area contributed by atoms with Crippen molar-refractivity contribution >= 4 is 33.2 Å². The van der Waals surface area contributed by atoms with Gasteiger partial charge < -0.3 is 10.1 Å². The Morgan fingerprint density at radius 2 is 1.88 bits per heavy atom. The van der Waals surface area contributed by atoms with Crippen molar-refractivity contribution in [3.63, 3.8) is 0 Å². The highest BCUT2D eigenvalue weighted by molar-refractivity contribution is 7.89. The minimum atomic E-state index is -3.79. The number of nitriles is 1. The first-order valence-electron chi connectivity index (χ1n) is 10.1. The van der Waals surface area contributed by atoms with E-state index in [1.165, 1.54) is 23.5 Å². The largest absolute Gasteiger partial charge is 0.495 e. The summed E-state index contributed by atoms with van der Waals surface area (Å²) in [4.78, 5) is 14.8. The third kappa shape index (κ3) is 4.89. The van der Waals surface area contributed by atoms with Gasteiger partial charge in [-0.25, -0.2) is 8.42 Å². The smallest absolute Gasteiger partial charge is 0.244 e. The third-order valence-electron chi connectivity index (χ3n) is 5.56. The van der Waals surface area contributed by atoms with Gasteiger partial charge in [-0.1, -0.05) is 23.7 Å². The molecule has 1 saturated heterocycles. The SMILES string of the molecule is COc1cc(Cl)c(C)cc1NC(=O)[C@H](C)N1CCN(S(=O)(=O)c2ccccc2C#N)CC1. The molecule has 0 spiro atoms. The number of methoxy groups -OCH3 is 1. The van der Waals surface area contributed by atoms with E-state index in [0.717, 1.165) is 5.56 Å². The number of carbonyl (C=O) groups excluding carboxylic acids is 1. The Morgan fingerprint density at radius 3 is 2.50 bits per heavy atom. The van der Waals surface area contributed by atoms with Gasteiger partial charge in [-0.15, -0.1) is 0 Å². The van der Waals surface area contributed by atoms with Crippen LogP contribution < -0.4 is 10.1 Å². The molecule has 1 aliphatic rings. The maximum absolute atomic E-state index is 13.0. The van der Waals surface area contributed by atoms with Gasteiger partial charge in [-0.3, -0.25) is 9.69 Å². The zero-order chi connectivity index (χ0) is 23.5. The van der Waals surface area contributed by atoms with Crippen LogP contribution >= 0.6 is 11.6 Å². The van der Waals surface area contributed by atoms with Crippen molar-refractivity contribution in [1.29, 1.82) is 5.26 Å². The van der Waals surface area contributed by atoms with Gasteiger partial charge in [0.05, 0.1) is 29.3 Å². The van der Waals surface area contributed by atoms with Gasteiger partial charge in [0.1, 0.15) is 11.8 Å². The van der Waals surface area contributed by atoms with Gasteiger partial charge in [-0.2, -0.15) is 9.57 Å². The molecule has 8 nitrogen and oxygen atoms in total. The van der Waals surface area contributed by atoms with Crippen LogP contribution in [0.2, 0.25) is 5.02 Å². The van der Waals surface area contributed by atoms with Crippen LogP contribution in [0.1, 0.15) is 18.1 Å². The summed E-state index contributed by atoms with van der Waals surface area (Å²) in [7, 11) is -2.28. The molecule has 1 N–H and O–H groups in total. The van der Waals surface area contributed by atoms with E-state index in [2.05, 4.69) is 5.32 Å². The molecule has 2 aromatic rings.